The van der Waals surface area contributed by atoms with E-state index in [2.05, 4.69) is 15.7 Å². The van der Waals surface area contributed by atoms with E-state index >= 15 is 0 Å². The van der Waals surface area contributed by atoms with Gasteiger partial charge in [-0.3, -0.25) is 4.68 Å². The molecule has 124 valence electrons. The molecule has 0 saturated heterocycles. The van der Waals surface area contributed by atoms with Crippen LogP contribution in [0, 0.1) is 0 Å². The molecule has 0 spiro atoms. The Labute approximate surface area is 136 Å². The van der Waals surface area contributed by atoms with Gasteiger partial charge in [0, 0.05) is 25.0 Å². The molecule has 1 unspecified atom stereocenters. The lowest BCUT2D eigenvalue weighted by Gasteiger charge is -2.19. The van der Waals surface area contributed by atoms with E-state index in [9.17, 15) is 4.79 Å². The van der Waals surface area contributed by atoms with E-state index in [1.807, 2.05) is 24.4 Å². The number of aromatic nitrogens is 2. The second-order valence-electron chi connectivity index (χ2n) is 6.06. The lowest BCUT2D eigenvalue weighted by molar-refractivity contribution is 0.233. The minimum absolute atomic E-state index is 0.111. The maximum atomic E-state index is 12.2. The van der Waals surface area contributed by atoms with E-state index in [0.29, 0.717) is 12.6 Å². The van der Waals surface area contributed by atoms with Gasteiger partial charge in [0.15, 0.2) is 0 Å². The summed E-state index contributed by atoms with van der Waals surface area (Å²) in [5, 5.41) is 10.3. The molecular weight excluding hydrogens is 292 g/mol. The van der Waals surface area contributed by atoms with Crippen LogP contribution in [0.1, 0.15) is 50.3 Å². The van der Waals surface area contributed by atoms with Crippen LogP contribution in [0.25, 0.3) is 0 Å². The Morgan fingerprint density at radius 2 is 2.13 bits per heavy atom. The third kappa shape index (κ3) is 4.37. The van der Waals surface area contributed by atoms with Gasteiger partial charge in [-0.1, -0.05) is 25.7 Å². The van der Waals surface area contributed by atoms with Crippen molar-refractivity contribution in [3.63, 3.8) is 0 Å². The highest BCUT2D eigenvalue weighted by atomic mass is 16.3. The largest absolute Gasteiger partial charge is 0.467 e. The topological polar surface area (TPSA) is 72.1 Å². The molecule has 6 nitrogen and oxygen atoms in total. The normalized spacial score (nSPS) is 17.4. The van der Waals surface area contributed by atoms with Crippen LogP contribution in [-0.4, -0.2) is 28.4 Å². The van der Waals surface area contributed by atoms with E-state index in [1.54, 1.807) is 17.1 Å². The van der Waals surface area contributed by atoms with E-state index in [0.717, 1.165) is 18.6 Å². The van der Waals surface area contributed by atoms with Gasteiger partial charge >= 0.3 is 6.03 Å². The summed E-state index contributed by atoms with van der Waals surface area (Å²) >= 11 is 0. The summed E-state index contributed by atoms with van der Waals surface area (Å²) in [5.74, 6) is 0.781. The Hall–Kier alpha value is -2.24. The van der Waals surface area contributed by atoms with Crippen molar-refractivity contribution < 1.29 is 9.21 Å². The van der Waals surface area contributed by atoms with Crippen LogP contribution < -0.4 is 10.6 Å². The number of furan rings is 1. The minimum Gasteiger partial charge on any atom is -0.467 e. The van der Waals surface area contributed by atoms with Crippen molar-refractivity contribution >= 4 is 6.03 Å². The molecule has 1 saturated carbocycles. The van der Waals surface area contributed by atoms with E-state index in [-0.39, 0.29) is 12.1 Å². The summed E-state index contributed by atoms with van der Waals surface area (Å²) in [4.78, 5) is 12.2. The van der Waals surface area contributed by atoms with Gasteiger partial charge in [-0.15, -0.1) is 0 Å². The van der Waals surface area contributed by atoms with Gasteiger partial charge in [-0.25, -0.2) is 4.79 Å². The molecule has 6 heteroatoms. The average molecular weight is 316 g/mol. The van der Waals surface area contributed by atoms with Crippen molar-refractivity contribution in [1.29, 1.82) is 0 Å². The number of rotatable bonds is 5. The molecule has 0 aromatic carbocycles. The monoisotopic (exact) mass is 316 g/mol. The van der Waals surface area contributed by atoms with Crippen LogP contribution in [0.4, 0.5) is 4.79 Å². The molecule has 1 aliphatic rings. The molecule has 1 aliphatic carbocycles. The van der Waals surface area contributed by atoms with Crippen LogP contribution in [0.3, 0.4) is 0 Å². The Balaban J connectivity index is 1.55. The number of carbonyl (C=O) groups excluding carboxylic acids is 1. The minimum atomic E-state index is -0.139. The summed E-state index contributed by atoms with van der Waals surface area (Å²) in [7, 11) is 0. The smallest absolute Gasteiger partial charge is 0.315 e. The third-order valence-corrected chi connectivity index (χ3v) is 4.36. The van der Waals surface area contributed by atoms with Gasteiger partial charge in [0.1, 0.15) is 11.8 Å². The number of urea groups is 1. The number of amides is 2. The molecule has 0 radical (unpaired) electrons. The van der Waals surface area contributed by atoms with Crippen molar-refractivity contribution in [2.24, 2.45) is 0 Å². The van der Waals surface area contributed by atoms with Crippen molar-refractivity contribution in [1.82, 2.24) is 20.4 Å². The quantitative estimate of drug-likeness (QED) is 0.833. The summed E-state index contributed by atoms with van der Waals surface area (Å²) in [6.45, 7) is 0.438. The molecule has 0 bridgehead atoms. The number of nitrogens with zero attached hydrogens (tertiary/aromatic N) is 2. The second-order valence-corrected chi connectivity index (χ2v) is 6.06. The molecule has 0 aliphatic heterocycles. The first-order valence-corrected chi connectivity index (χ1v) is 8.40. The van der Waals surface area contributed by atoms with Gasteiger partial charge in [0.25, 0.3) is 0 Å². The SMILES string of the molecule is O=C(NCC(c1ccco1)n1cccn1)NC1CCCCCC1. The Morgan fingerprint density at radius 1 is 1.30 bits per heavy atom. The highest BCUT2D eigenvalue weighted by Gasteiger charge is 2.19. The summed E-state index contributed by atoms with van der Waals surface area (Å²) in [6, 6.07) is 5.65. The zero-order chi connectivity index (χ0) is 15.9. The first-order chi connectivity index (χ1) is 11.3. The highest BCUT2D eigenvalue weighted by Crippen LogP contribution is 2.18. The average Bonchev–Trinajstić information content (AvgIpc) is 3.20. The molecule has 2 aromatic rings. The number of hydrogen-bond donors (Lipinski definition) is 2. The summed E-state index contributed by atoms with van der Waals surface area (Å²) < 4.78 is 7.28. The summed E-state index contributed by atoms with van der Waals surface area (Å²) in [5.41, 5.74) is 0. The maximum Gasteiger partial charge on any atom is 0.315 e. The number of carbonyl (C=O) groups is 1. The maximum absolute atomic E-state index is 12.2. The standard InChI is InChI=1S/C17H24N4O2/c22-17(20-14-7-3-1-2-4-8-14)18-13-15(16-9-5-12-23-16)21-11-6-10-19-21/h5-6,9-12,14-15H,1-4,7-8,13H2,(H2,18,20,22). The molecule has 3 rings (SSSR count). The third-order valence-electron chi connectivity index (χ3n) is 4.36. The lowest BCUT2D eigenvalue weighted by atomic mass is 10.1. The summed E-state index contributed by atoms with van der Waals surface area (Å²) in [6.07, 6.45) is 12.3. The molecule has 23 heavy (non-hydrogen) atoms. The van der Waals surface area contributed by atoms with Gasteiger partial charge in [0.05, 0.1) is 6.26 Å². The van der Waals surface area contributed by atoms with Crippen LogP contribution in [0.15, 0.2) is 41.3 Å². The molecule has 1 fully saturated rings. The first-order valence-electron chi connectivity index (χ1n) is 8.40. The predicted octanol–water partition coefficient (Wildman–Crippen LogP) is 3.09. The Kier molecular flexibility index (Phi) is 5.34. The van der Waals surface area contributed by atoms with Crippen molar-refractivity contribution in [3.8, 4) is 0 Å². The van der Waals surface area contributed by atoms with Crippen LogP contribution in [0.5, 0.6) is 0 Å². The van der Waals surface area contributed by atoms with Crippen LogP contribution in [0.2, 0.25) is 0 Å². The number of hydrogen-bond acceptors (Lipinski definition) is 3. The van der Waals surface area contributed by atoms with E-state index in [4.69, 9.17) is 4.42 Å². The van der Waals surface area contributed by atoms with E-state index in [1.165, 1.54) is 25.7 Å². The zero-order valence-corrected chi connectivity index (χ0v) is 13.3. The molecule has 2 N–H and O–H groups in total. The Bertz CT molecular complexity index is 538. The predicted molar refractivity (Wildman–Crippen MR) is 87.1 cm³/mol. The van der Waals surface area contributed by atoms with Crippen LogP contribution >= 0.6 is 0 Å². The zero-order valence-electron chi connectivity index (χ0n) is 13.3. The van der Waals surface area contributed by atoms with Gasteiger partial charge in [-0.05, 0) is 31.0 Å². The fourth-order valence-corrected chi connectivity index (χ4v) is 3.12. The lowest BCUT2D eigenvalue weighted by Crippen LogP contribution is -2.43. The highest BCUT2D eigenvalue weighted by molar-refractivity contribution is 5.74. The van der Waals surface area contributed by atoms with Gasteiger partial charge < -0.3 is 15.1 Å². The number of nitrogens with one attached hydrogen (secondary N) is 2. The molecule has 2 aromatic heterocycles. The van der Waals surface area contributed by atoms with Crippen molar-refractivity contribution in [2.45, 2.75) is 50.6 Å². The fourth-order valence-electron chi connectivity index (χ4n) is 3.12. The molecule has 1 atom stereocenters. The second kappa shape index (κ2) is 7.85. The first kappa shape index (κ1) is 15.6. The van der Waals surface area contributed by atoms with Crippen LogP contribution in [-0.2, 0) is 0 Å². The van der Waals surface area contributed by atoms with Crippen molar-refractivity contribution in [2.75, 3.05) is 6.54 Å². The van der Waals surface area contributed by atoms with Crippen molar-refractivity contribution in [3.05, 3.63) is 42.6 Å². The molecule has 2 heterocycles. The fraction of sp³-hybridized carbons (Fsp3) is 0.529. The van der Waals surface area contributed by atoms with Gasteiger partial charge in [-0.2, -0.15) is 5.10 Å². The molecule has 2 amide bonds. The molecular formula is C17H24N4O2. The van der Waals surface area contributed by atoms with E-state index < -0.39 is 0 Å². The van der Waals surface area contributed by atoms with Gasteiger partial charge in [0.2, 0.25) is 0 Å². The Morgan fingerprint density at radius 3 is 2.78 bits per heavy atom.